The van der Waals surface area contributed by atoms with Crippen LogP contribution in [0.5, 0.6) is 0 Å². The topological polar surface area (TPSA) is 21.3 Å². The van der Waals surface area contributed by atoms with Gasteiger partial charge in [-0.2, -0.15) is 0 Å². The van der Waals surface area contributed by atoms with Gasteiger partial charge in [0.25, 0.3) is 0 Å². The molecule has 0 aliphatic heterocycles. The van der Waals surface area contributed by atoms with Crippen molar-refractivity contribution in [3.8, 4) is 0 Å². The molecule has 1 aliphatic rings. The standard InChI is InChI=1S/C10H21NO/c1-9-4-3-5-10(8-9)11-6-7-12-2/h9-11H,3-8H2,1-2H3. The van der Waals surface area contributed by atoms with Crippen molar-refractivity contribution in [3.63, 3.8) is 0 Å². The normalized spacial score (nSPS) is 30.5. The van der Waals surface area contributed by atoms with Crippen molar-refractivity contribution in [2.75, 3.05) is 20.3 Å². The van der Waals surface area contributed by atoms with E-state index in [9.17, 15) is 0 Å². The highest BCUT2D eigenvalue weighted by Crippen LogP contribution is 2.23. The van der Waals surface area contributed by atoms with E-state index >= 15 is 0 Å². The molecule has 0 heterocycles. The summed E-state index contributed by atoms with van der Waals surface area (Å²) in [4.78, 5) is 0. The summed E-state index contributed by atoms with van der Waals surface area (Å²) in [6, 6.07) is 0.754. The summed E-state index contributed by atoms with van der Waals surface area (Å²) in [7, 11) is 1.76. The molecule has 0 radical (unpaired) electrons. The molecular formula is C10H21NO. The fraction of sp³-hybridized carbons (Fsp3) is 1.00. The minimum absolute atomic E-state index is 0.754. The Balaban J connectivity index is 2.06. The molecule has 1 saturated carbocycles. The fourth-order valence-electron chi connectivity index (χ4n) is 1.98. The van der Waals surface area contributed by atoms with Gasteiger partial charge in [-0.05, 0) is 18.8 Å². The van der Waals surface area contributed by atoms with Crippen LogP contribution in [-0.2, 0) is 4.74 Å². The molecule has 0 aromatic rings. The van der Waals surface area contributed by atoms with Gasteiger partial charge >= 0.3 is 0 Å². The van der Waals surface area contributed by atoms with Crippen molar-refractivity contribution in [3.05, 3.63) is 0 Å². The molecule has 0 aromatic carbocycles. The molecule has 0 aromatic heterocycles. The number of methoxy groups -OCH3 is 1. The lowest BCUT2D eigenvalue weighted by molar-refractivity contribution is 0.188. The molecule has 1 fully saturated rings. The third-order valence-electron chi connectivity index (χ3n) is 2.68. The van der Waals surface area contributed by atoms with E-state index in [1.165, 1.54) is 25.7 Å². The van der Waals surface area contributed by atoms with Crippen LogP contribution in [0.15, 0.2) is 0 Å². The summed E-state index contributed by atoms with van der Waals surface area (Å²) in [6.45, 7) is 4.20. The van der Waals surface area contributed by atoms with E-state index in [1.807, 2.05) is 0 Å². The summed E-state index contributed by atoms with van der Waals surface area (Å²) >= 11 is 0. The fourth-order valence-corrected chi connectivity index (χ4v) is 1.98. The highest BCUT2D eigenvalue weighted by molar-refractivity contribution is 4.75. The third-order valence-corrected chi connectivity index (χ3v) is 2.68. The van der Waals surface area contributed by atoms with Crippen LogP contribution in [-0.4, -0.2) is 26.3 Å². The Morgan fingerprint density at radius 2 is 2.25 bits per heavy atom. The van der Waals surface area contributed by atoms with Gasteiger partial charge in [-0.25, -0.2) is 0 Å². The summed E-state index contributed by atoms with van der Waals surface area (Å²) in [5.74, 6) is 0.916. The maximum absolute atomic E-state index is 5.00. The number of nitrogens with one attached hydrogen (secondary N) is 1. The van der Waals surface area contributed by atoms with Gasteiger partial charge in [0.2, 0.25) is 0 Å². The van der Waals surface area contributed by atoms with Gasteiger partial charge < -0.3 is 10.1 Å². The first-order valence-electron chi connectivity index (χ1n) is 5.05. The van der Waals surface area contributed by atoms with Crippen molar-refractivity contribution in [1.29, 1.82) is 0 Å². The van der Waals surface area contributed by atoms with Gasteiger partial charge in [-0.15, -0.1) is 0 Å². The highest BCUT2D eigenvalue weighted by Gasteiger charge is 2.17. The van der Waals surface area contributed by atoms with Gasteiger partial charge in [-0.3, -0.25) is 0 Å². The van der Waals surface area contributed by atoms with Gasteiger partial charge in [0.05, 0.1) is 6.61 Å². The smallest absolute Gasteiger partial charge is 0.0587 e. The number of ether oxygens (including phenoxy) is 1. The molecule has 1 aliphatic carbocycles. The lowest BCUT2D eigenvalue weighted by atomic mass is 9.87. The number of hydrogen-bond acceptors (Lipinski definition) is 2. The highest BCUT2D eigenvalue weighted by atomic mass is 16.5. The van der Waals surface area contributed by atoms with Crippen LogP contribution in [0, 0.1) is 5.92 Å². The lowest BCUT2D eigenvalue weighted by Gasteiger charge is -2.27. The quantitative estimate of drug-likeness (QED) is 0.651. The van der Waals surface area contributed by atoms with E-state index in [4.69, 9.17) is 4.74 Å². The first-order chi connectivity index (χ1) is 5.83. The van der Waals surface area contributed by atoms with Crippen LogP contribution in [0.3, 0.4) is 0 Å². The summed E-state index contributed by atoms with van der Waals surface area (Å²) < 4.78 is 5.00. The van der Waals surface area contributed by atoms with Crippen molar-refractivity contribution in [1.82, 2.24) is 5.32 Å². The van der Waals surface area contributed by atoms with E-state index in [1.54, 1.807) is 7.11 Å². The summed E-state index contributed by atoms with van der Waals surface area (Å²) in [5, 5.41) is 3.53. The molecule has 1 rings (SSSR count). The van der Waals surface area contributed by atoms with Crippen LogP contribution >= 0.6 is 0 Å². The second kappa shape index (κ2) is 5.55. The van der Waals surface area contributed by atoms with Crippen LogP contribution < -0.4 is 5.32 Å². The Hall–Kier alpha value is -0.0800. The molecule has 0 spiro atoms. The van der Waals surface area contributed by atoms with E-state index in [-0.39, 0.29) is 0 Å². The largest absolute Gasteiger partial charge is 0.383 e. The maximum atomic E-state index is 5.00. The predicted octanol–water partition coefficient (Wildman–Crippen LogP) is 1.80. The number of hydrogen-bond donors (Lipinski definition) is 1. The van der Waals surface area contributed by atoms with E-state index < -0.39 is 0 Å². The van der Waals surface area contributed by atoms with Crippen LogP contribution in [0.2, 0.25) is 0 Å². The average molecular weight is 171 g/mol. The van der Waals surface area contributed by atoms with Crippen molar-refractivity contribution in [2.45, 2.75) is 38.6 Å². The molecule has 12 heavy (non-hydrogen) atoms. The predicted molar refractivity (Wildman–Crippen MR) is 51.3 cm³/mol. The minimum atomic E-state index is 0.754. The first kappa shape index (κ1) is 10.0. The average Bonchev–Trinajstić information content (AvgIpc) is 2.05. The Bertz CT molecular complexity index is 116. The number of rotatable bonds is 4. The molecule has 0 amide bonds. The molecule has 72 valence electrons. The Morgan fingerprint density at radius 3 is 2.92 bits per heavy atom. The van der Waals surface area contributed by atoms with Gasteiger partial charge in [0, 0.05) is 19.7 Å². The van der Waals surface area contributed by atoms with Gasteiger partial charge in [0.1, 0.15) is 0 Å². The van der Waals surface area contributed by atoms with E-state index in [0.29, 0.717) is 0 Å². The Morgan fingerprint density at radius 1 is 1.42 bits per heavy atom. The minimum Gasteiger partial charge on any atom is -0.383 e. The molecule has 2 nitrogen and oxygen atoms in total. The zero-order valence-corrected chi connectivity index (χ0v) is 8.31. The summed E-state index contributed by atoms with van der Waals surface area (Å²) in [6.07, 6.45) is 5.52. The second-order valence-electron chi connectivity index (χ2n) is 3.92. The van der Waals surface area contributed by atoms with Crippen molar-refractivity contribution < 1.29 is 4.74 Å². The Labute approximate surface area is 75.7 Å². The van der Waals surface area contributed by atoms with Crippen LogP contribution in [0.25, 0.3) is 0 Å². The molecule has 1 N–H and O–H groups in total. The van der Waals surface area contributed by atoms with Crippen molar-refractivity contribution in [2.24, 2.45) is 5.92 Å². The maximum Gasteiger partial charge on any atom is 0.0587 e. The summed E-state index contributed by atoms with van der Waals surface area (Å²) in [5.41, 5.74) is 0. The van der Waals surface area contributed by atoms with Gasteiger partial charge in [-0.1, -0.05) is 19.8 Å². The van der Waals surface area contributed by atoms with Gasteiger partial charge in [0.15, 0.2) is 0 Å². The zero-order chi connectivity index (χ0) is 8.81. The second-order valence-corrected chi connectivity index (χ2v) is 3.92. The monoisotopic (exact) mass is 171 g/mol. The van der Waals surface area contributed by atoms with E-state index in [2.05, 4.69) is 12.2 Å². The van der Waals surface area contributed by atoms with Crippen LogP contribution in [0.4, 0.5) is 0 Å². The Kier molecular flexibility index (Phi) is 4.62. The molecule has 2 unspecified atom stereocenters. The lowest BCUT2D eigenvalue weighted by Crippen LogP contribution is -2.35. The molecule has 2 heteroatoms. The molecule has 0 saturated heterocycles. The zero-order valence-electron chi connectivity index (χ0n) is 8.31. The molecule has 2 atom stereocenters. The third kappa shape index (κ3) is 3.55. The molecule has 0 bridgehead atoms. The first-order valence-corrected chi connectivity index (χ1v) is 5.05. The van der Waals surface area contributed by atoms with Crippen molar-refractivity contribution >= 4 is 0 Å². The van der Waals surface area contributed by atoms with Crippen LogP contribution in [0.1, 0.15) is 32.6 Å². The molecular weight excluding hydrogens is 150 g/mol. The van der Waals surface area contributed by atoms with E-state index in [0.717, 1.165) is 25.1 Å². The SMILES string of the molecule is COCCNC1CCCC(C)C1.